The summed E-state index contributed by atoms with van der Waals surface area (Å²) < 4.78 is 28.2. The summed E-state index contributed by atoms with van der Waals surface area (Å²) in [5, 5.41) is 33.3. The molecule has 2 aromatic carbocycles. The average Bonchev–Trinajstić information content (AvgIpc) is 3.56. The van der Waals surface area contributed by atoms with Crippen molar-refractivity contribution < 1.29 is 27.9 Å². The smallest absolute Gasteiger partial charge is 0.299 e. The number of ketones is 1. The maximum absolute atomic E-state index is 13.8. The Kier molecular flexibility index (Phi) is 18.1. The van der Waals surface area contributed by atoms with Crippen LogP contribution in [0.15, 0.2) is 29.2 Å². The van der Waals surface area contributed by atoms with Gasteiger partial charge in [0.15, 0.2) is 16.8 Å². The van der Waals surface area contributed by atoms with Crippen LogP contribution >= 0.6 is 23.2 Å². The van der Waals surface area contributed by atoms with Gasteiger partial charge in [0.2, 0.25) is 16.1 Å². The molecule has 0 spiro atoms. The van der Waals surface area contributed by atoms with E-state index < -0.39 is 65.4 Å². The average molecular weight is 841 g/mol. The van der Waals surface area contributed by atoms with Crippen molar-refractivity contribution in [3.8, 4) is 0 Å². The Morgan fingerprint density at radius 1 is 0.786 bits per heavy atom. The number of hydrogen-bond acceptors (Lipinski definition) is 10. The molecule has 0 saturated carbocycles. The summed E-state index contributed by atoms with van der Waals surface area (Å²) in [6.07, 6.45) is 19.3. The molecule has 1 aromatic heterocycles. The lowest BCUT2D eigenvalue weighted by Gasteiger charge is -2.24. The van der Waals surface area contributed by atoms with E-state index in [0.29, 0.717) is 11.2 Å². The molecular formula is C38H55Cl2N7O8S. The number of nitrogens with zero attached hydrogens (tertiary/aromatic N) is 6. The highest BCUT2D eigenvalue weighted by Gasteiger charge is 2.40. The van der Waals surface area contributed by atoms with Gasteiger partial charge in [0.1, 0.15) is 4.90 Å². The molecule has 3 rings (SSSR count). The van der Waals surface area contributed by atoms with Gasteiger partial charge in [0.05, 0.1) is 25.6 Å². The first-order valence-electron chi connectivity index (χ1n) is 19.4. The lowest BCUT2D eigenvalue weighted by atomic mass is 9.86. The van der Waals surface area contributed by atoms with Crippen molar-refractivity contribution in [1.29, 1.82) is 0 Å². The van der Waals surface area contributed by atoms with Crippen LogP contribution in [-0.4, -0.2) is 62.8 Å². The molecule has 15 nitrogen and oxygen atoms in total. The van der Waals surface area contributed by atoms with E-state index in [9.17, 15) is 38.2 Å². The summed E-state index contributed by atoms with van der Waals surface area (Å²) in [5.74, 6) is -1.79. The van der Waals surface area contributed by atoms with Gasteiger partial charge in [-0.25, -0.2) is 12.7 Å². The number of aromatic nitrogens is 3. The van der Waals surface area contributed by atoms with Crippen LogP contribution in [0.25, 0.3) is 11.0 Å². The van der Waals surface area contributed by atoms with Crippen molar-refractivity contribution in [2.75, 3.05) is 18.9 Å². The minimum atomic E-state index is -4.07. The predicted molar refractivity (Wildman–Crippen MR) is 219 cm³/mol. The van der Waals surface area contributed by atoms with Gasteiger partial charge in [0, 0.05) is 31.1 Å². The molecule has 0 aliphatic rings. The zero-order valence-electron chi connectivity index (χ0n) is 33.0. The van der Waals surface area contributed by atoms with Crippen LogP contribution in [-0.2, 0) is 19.6 Å². The molecule has 18 heteroatoms. The van der Waals surface area contributed by atoms with Gasteiger partial charge in [-0.05, 0) is 18.6 Å². The van der Waals surface area contributed by atoms with Crippen LogP contribution in [0.1, 0.15) is 136 Å². The Balaban J connectivity index is 1.61. The molecule has 1 unspecified atom stereocenters. The van der Waals surface area contributed by atoms with Crippen molar-refractivity contribution >= 4 is 73.0 Å². The number of amides is 1. The highest BCUT2D eigenvalue weighted by Crippen LogP contribution is 2.36. The topological polar surface area (TPSA) is 201 Å². The second-order valence-electron chi connectivity index (χ2n) is 15.2. The van der Waals surface area contributed by atoms with Gasteiger partial charge in [-0.15, -0.1) is 10.2 Å². The first-order chi connectivity index (χ1) is 26.4. The molecule has 1 N–H and O–H groups in total. The van der Waals surface area contributed by atoms with E-state index in [1.54, 1.807) is 0 Å². The number of anilines is 1. The van der Waals surface area contributed by atoms with Gasteiger partial charge in [-0.1, -0.05) is 147 Å². The van der Waals surface area contributed by atoms with E-state index >= 15 is 0 Å². The number of hydrogen-bond donors (Lipinski definition) is 1. The number of nitrogens with one attached hydrogen (secondary N) is 1. The SMILES string of the molecule is CCCCCCCCCCCCCCCCCCN(C)S(=O)(=O)c1cc(Cl)c(NC(=O)C(C(=O)C(C)(C)C)n2nc3c([N+](=O)[O-])ccc([N+](=O)[O-])c3n2)cc1Cl. The minimum absolute atomic E-state index is 0.138. The summed E-state index contributed by atoms with van der Waals surface area (Å²) >= 11 is 12.9. The lowest BCUT2D eigenvalue weighted by Crippen LogP contribution is -2.39. The van der Waals surface area contributed by atoms with Gasteiger partial charge >= 0.3 is 0 Å². The molecule has 310 valence electrons. The van der Waals surface area contributed by atoms with Gasteiger partial charge < -0.3 is 5.32 Å². The number of nitro groups is 2. The largest absolute Gasteiger partial charge is 0.322 e. The Morgan fingerprint density at radius 2 is 1.21 bits per heavy atom. The molecule has 0 saturated heterocycles. The maximum Gasteiger partial charge on any atom is 0.299 e. The monoisotopic (exact) mass is 839 g/mol. The zero-order chi connectivity index (χ0) is 41.6. The molecule has 1 amide bonds. The number of rotatable bonds is 25. The fourth-order valence-electron chi connectivity index (χ4n) is 6.33. The molecule has 1 atom stereocenters. The molecule has 0 aliphatic heterocycles. The van der Waals surface area contributed by atoms with Crippen molar-refractivity contribution in [2.45, 2.75) is 141 Å². The Bertz CT molecular complexity index is 1900. The molecule has 0 radical (unpaired) electrons. The zero-order valence-corrected chi connectivity index (χ0v) is 35.3. The van der Waals surface area contributed by atoms with Crippen LogP contribution in [0.5, 0.6) is 0 Å². The molecule has 0 fully saturated rings. The van der Waals surface area contributed by atoms with E-state index in [4.69, 9.17) is 23.2 Å². The van der Waals surface area contributed by atoms with Crippen molar-refractivity contribution in [3.05, 3.63) is 54.5 Å². The summed E-state index contributed by atoms with van der Waals surface area (Å²) in [6.45, 7) is 7.06. The van der Waals surface area contributed by atoms with Gasteiger partial charge in [-0.3, -0.25) is 29.8 Å². The standard InChI is InChI=1S/C38H55Cl2N7O8S/c1-6-7-8-9-10-11-12-13-14-15-16-17-18-19-20-21-24-44(5)56(54,55)32-26-27(39)29(25-28(32)40)41-37(49)35(36(48)38(2,3)4)45-42-33-30(46(50)51)22-23-31(47(52)53)34(33)43-45/h22-23,25-26,35H,6-21,24H2,1-5H3,(H,41,49). The lowest BCUT2D eigenvalue weighted by molar-refractivity contribution is -0.386. The molecule has 0 bridgehead atoms. The molecule has 0 aliphatic carbocycles. The van der Waals surface area contributed by atoms with Crippen molar-refractivity contribution in [1.82, 2.24) is 19.3 Å². The van der Waals surface area contributed by atoms with E-state index in [-0.39, 0.29) is 27.2 Å². The van der Waals surface area contributed by atoms with Crippen LogP contribution < -0.4 is 5.32 Å². The fraction of sp³-hybridized carbons (Fsp3) is 0.632. The van der Waals surface area contributed by atoms with Crippen LogP contribution in [0.4, 0.5) is 17.1 Å². The number of halogens is 2. The number of fused-ring (bicyclic) bond motifs is 1. The van der Waals surface area contributed by atoms with Crippen LogP contribution in [0.2, 0.25) is 10.0 Å². The third kappa shape index (κ3) is 12.9. The van der Waals surface area contributed by atoms with E-state index in [0.717, 1.165) is 43.5 Å². The predicted octanol–water partition coefficient (Wildman–Crippen LogP) is 10.2. The summed E-state index contributed by atoms with van der Waals surface area (Å²) in [6, 6.07) is 2.14. The highest BCUT2D eigenvalue weighted by molar-refractivity contribution is 7.89. The number of sulfonamides is 1. The quantitative estimate of drug-likeness (QED) is 0.0370. The molecule has 56 heavy (non-hydrogen) atoms. The molecule has 1 heterocycles. The van der Waals surface area contributed by atoms with Crippen molar-refractivity contribution in [2.24, 2.45) is 5.41 Å². The van der Waals surface area contributed by atoms with E-state index in [1.165, 1.54) is 109 Å². The number of Topliss-reactive ketones (excluding diaryl/α,β-unsaturated/α-hetero) is 1. The summed E-state index contributed by atoms with van der Waals surface area (Å²) in [5.41, 5.74) is -3.56. The van der Waals surface area contributed by atoms with E-state index in [1.807, 2.05) is 0 Å². The Morgan fingerprint density at radius 3 is 1.62 bits per heavy atom. The number of carbonyl (C=O) groups is 2. The first kappa shape index (κ1) is 46.7. The fourth-order valence-corrected chi connectivity index (χ4v) is 8.33. The summed E-state index contributed by atoms with van der Waals surface area (Å²) in [7, 11) is -2.61. The number of benzene rings is 2. The minimum Gasteiger partial charge on any atom is -0.322 e. The van der Waals surface area contributed by atoms with Gasteiger partial charge in [0.25, 0.3) is 17.3 Å². The number of unbranched alkanes of at least 4 members (excludes halogenated alkanes) is 15. The third-order valence-electron chi connectivity index (χ3n) is 9.67. The second-order valence-corrected chi connectivity index (χ2v) is 18.1. The van der Waals surface area contributed by atoms with Gasteiger partial charge in [-0.2, -0.15) is 4.80 Å². The third-order valence-corrected chi connectivity index (χ3v) is 12.3. The number of carbonyl (C=O) groups excluding carboxylic acids is 2. The van der Waals surface area contributed by atoms with E-state index in [2.05, 4.69) is 22.4 Å². The number of non-ortho nitro benzene ring substituents is 2. The summed E-state index contributed by atoms with van der Waals surface area (Å²) in [4.78, 5) is 49.4. The maximum atomic E-state index is 13.8. The Labute approximate surface area is 339 Å². The normalized spacial score (nSPS) is 12.6. The van der Waals surface area contributed by atoms with Crippen LogP contribution in [0, 0.1) is 25.6 Å². The number of nitro benzene ring substituents is 2. The molecular weight excluding hydrogens is 785 g/mol. The second kappa shape index (κ2) is 21.7. The Hall–Kier alpha value is -3.73. The molecule has 3 aromatic rings. The van der Waals surface area contributed by atoms with Crippen molar-refractivity contribution in [3.63, 3.8) is 0 Å². The first-order valence-corrected chi connectivity index (χ1v) is 21.6. The van der Waals surface area contributed by atoms with Crippen LogP contribution in [0.3, 0.4) is 0 Å². The highest BCUT2D eigenvalue weighted by atomic mass is 35.5.